The number of carbonyl (C=O) groups is 1. The van der Waals surface area contributed by atoms with Crippen LogP contribution in [0.2, 0.25) is 0 Å². The van der Waals surface area contributed by atoms with Gasteiger partial charge < -0.3 is 9.84 Å². The first kappa shape index (κ1) is 15.3. The number of nitrogens with one attached hydrogen (secondary N) is 1. The summed E-state index contributed by atoms with van der Waals surface area (Å²) >= 11 is 0. The van der Waals surface area contributed by atoms with E-state index < -0.39 is 15.4 Å². The highest BCUT2D eigenvalue weighted by atomic mass is 32.2. The number of nitrogens with zero attached hydrogens (tertiary/aromatic N) is 2. The van der Waals surface area contributed by atoms with Gasteiger partial charge in [0.2, 0.25) is 15.9 Å². The molecule has 0 unspecified atom stereocenters. The molecule has 2 aromatic rings. The van der Waals surface area contributed by atoms with Gasteiger partial charge in [0.05, 0.1) is 5.41 Å². The Hall–Kier alpha value is -2.19. The van der Waals surface area contributed by atoms with Crippen molar-refractivity contribution in [3.8, 4) is 0 Å². The second kappa shape index (κ2) is 4.90. The molecule has 2 aliphatic rings. The molecule has 3 heterocycles. The molecular formula is C16H17N3O4S. The van der Waals surface area contributed by atoms with Gasteiger partial charge in [0.25, 0.3) is 0 Å². The lowest BCUT2D eigenvalue weighted by Crippen LogP contribution is -2.39. The lowest BCUT2D eigenvalue weighted by molar-refractivity contribution is -0.120. The van der Waals surface area contributed by atoms with E-state index in [4.69, 9.17) is 4.52 Å². The molecule has 1 saturated heterocycles. The Morgan fingerprint density at radius 3 is 2.75 bits per heavy atom. The smallest absolute Gasteiger partial charge is 0.248 e. The van der Waals surface area contributed by atoms with E-state index in [2.05, 4.69) is 10.5 Å². The molecule has 1 spiro atoms. The number of benzene rings is 1. The van der Waals surface area contributed by atoms with Crippen LogP contribution in [0.5, 0.6) is 0 Å². The van der Waals surface area contributed by atoms with E-state index >= 15 is 0 Å². The third kappa shape index (κ3) is 1.90. The number of sulfonamides is 1. The molecule has 1 N–H and O–H groups in total. The van der Waals surface area contributed by atoms with Crippen molar-refractivity contribution in [2.24, 2.45) is 0 Å². The predicted octanol–water partition coefficient (Wildman–Crippen LogP) is 1.58. The molecule has 1 atom stereocenters. The molecule has 0 saturated carbocycles. The van der Waals surface area contributed by atoms with Crippen molar-refractivity contribution in [3.63, 3.8) is 0 Å². The average molecular weight is 347 g/mol. The van der Waals surface area contributed by atoms with Crippen LogP contribution in [0, 0.1) is 13.8 Å². The van der Waals surface area contributed by atoms with Gasteiger partial charge in [-0.05, 0) is 31.9 Å². The highest BCUT2D eigenvalue weighted by Crippen LogP contribution is 2.45. The normalized spacial score (nSPS) is 23.7. The molecule has 24 heavy (non-hydrogen) atoms. The molecular weight excluding hydrogens is 330 g/mol. The number of aryl methyl sites for hydroxylation is 2. The minimum Gasteiger partial charge on any atom is -0.360 e. The Morgan fingerprint density at radius 2 is 2.04 bits per heavy atom. The van der Waals surface area contributed by atoms with Crippen LogP contribution in [0.4, 0.5) is 5.69 Å². The summed E-state index contributed by atoms with van der Waals surface area (Å²) in [5.74, 6) is 0.130. The zero-order chi connectivity index (χ0) is 17.1. The van der Waals surface area contributed by atoms with E-state index in [0.717, 1.165) is 11.3 Å². The van der Waals surface area contributed by atoms with Crippen LogP contribution in [-0.2, 0) is 20.2 Å². The summed E-state index contributed by atoms with van der Waals surface area (Å²) in [5.41, 5.74) is 1.15. The summed E-state index contributed by atoms with van der Waals surface area (Å²) in [4.78, 5) is 12.7. The number of hydrogen-bond acceptors (Lipinski definition) is 5. The quantitative estimate of drug-likeness (QED) is 0.890. The maximum absolute atomic E-state index is 13.0. The minimum absolute atomic E-state index is 0.103. The summed E-state index contributed by atoms with van der Waals surface area (Å²) in [7, 11) is -3.75. The second-order valence-corrected chi connectivity index (χ2v) is 8.20. The molecule has 126 valence electrons. The fourth-order valence-corrected chi connectivity index (χ4v) is 5.52. The topological polar surface area (TPSA) is 92.5 Å². The van der Waals surface area contributed by atoms with Gasteiger partial charge in [-0.25, -0.2) is 8.42 Å². The van der Waals surface area contributed by atoms with Gasteiger partial charge in [0.1, 0.15) is 10.6 Å². The van der Waals surface area contributed by atoms with Crippen LogP contribution < -0.4 is 5.32 Å². The summed E-state index contributed by atoms with van der Waals surface area (Å²) in [5, 5.41) is 6.60. The molecule has 0 radical (unpaired) electrons. The van der Waals surface area contributed by atoms with Crippen molar-refractivity contribution in [1.82, 2.24) is 9.46 Å². The number of carbonyl (C=O) groups excluding carboxylic acids is 1. The number of anilines is 1. The fourth-order valence-electron chi connectivity index (χ4n) is 3.73. The number of para-hydroxylation sites is 1. The van der Waals surface area contributed by atoms with Crippen LogP contribution in [0.3, 0.4) is 0 Å². The van der Waals surface area contributed by atoms with Crippen molar-refractivity contribution in [1.29, 1.82) is 0 Å². The van der Waals surface area contributed by atoms with Gasteiger partial charge >= 0.3 is 0 Å². The lowest BCUT2D eigenvalue weighted by atomic mass is 9.81. The fraction of sp³-hybridized carbons (Fsp3) is 0.375. The lowest BCUT2D eigenvalue weighted by Gasteiger charge is -2.22. The minimum atomic E-state index is -3.75. The maximum Gasteiger partial charge on any atom is 0.248 e. The van der Waals surface area contributed by atoms with E-state index in [9.17, 15) is 13.2 Å². The van der Waals surface area contributed by atoms with Gasteiger partial charge in [-0.2, -0.15) is 4.31 Å². The third-order valence-electron chi connectivity index (χ3n) is 4.93. The Morgan fingerprint density at radius 1 is 1.29 bits per heavy atom. The molecule has 8 heteroatoms. The Bertz CT molecular complexity index is 930. The Balaban J connectivity index is 1.75. The SMILES string of the molecule is Cc1noc(C)c1S(=O)(=O)N1CC[C@]2(C1)C(=O)Nc1ccccc12. The van der Waals surface area contributed by atoms with Crippen LogP contribution in [0.15, 0.2) is 33.7 Å². The molecule has 4 rings (SSSR count). The molecule has 1 fully saturated rings. The van der Waals surface area contributed by atoms with E-state index in [-0.39, 0.29) is 29.7 Å². The van der Waals surface area contributed by atoms with Crippen molar-refractivity contribution < 1.29 is 17.7 Å². The van der Waals surface area contributed by atoms with E-state index in [1.54, 1.807) is 13.8 Å². The van der Waals surface area contributed by atoms with Crippen LogP contribution in [0.1, 0.15) is 23.4 Å². The average Bonchev–Trinajstić information content (AvgIpc) is 3.20. The number of fused-ring (bicyclic) bond motifs is 2. The highest BCUT2D eigenvalue weighted by molar-refractivity contribution is 7.89. The zero-order valence-electron chi connectivity index (χ0n) is 13.4. The molecule has 1 aromatic carbocycles. The van der Waals surface area contributed by atoms with Crippen molar-refractivity contribution >= 4 is 21.6 Å². The summed E-state index contributed by atoms with van der Waals surface area (Å²) in [6, 6.07) is 7.45. The van der Waals surface area contributed by atoms with Crippen molar-refractivity contribution in [2.45, 2.75) is 30.6 Å². The molecule has 0 bridgehead atoms. The summed E-state index contributed by atoms with van der Waals surface area (Å²) in [6.45, 7) is 3.60. The van der Waals surface area contributed by atoms with Crippen LogP contribution >= 0.6 is 0 Å². The first-order valence-electron chi connectivity index (χ1n) is 7.70. The number of aromatic nitrogens is 1. The molecule has 1 amide bonds. The molecule has 2 aliphatic heterocycles. The first-order valence-corrected chi connectivity index (χ1v) is 9.14. The number of rotatable bonds is 2. The van der Waals surface area contributed by atoms with Gasteiger partial charge in [-0.15, -0.1) is 0 Å². The third-order valence-corrected chi connectivity index (χ3v) is 7.02. The van der Waals surface area contributed by atoms with Gasteiger partial charge in [0.15, 0.2) is 5.76 Å². The van der Waals surface area contributed by atoms with E-state index in [1.165, 1.54) is 4.31 Å². The highest BCUT2D eigenvalue weighted by Gasteiger charge is 2.53. The Labute approximate surface area is 139 Å². The predicted molar refractivity (Wildman–Crippen MR) is 86.1 cm³/mol. The number of hydrogen-bond donors (Lipinski definition) is 1. The molecule has 0 aliphatic carbocycles. The first-order chi connectivity index (χ1) is 11.4. The van der Waals surface area contributed by atoms with Crippen LogP contribution in [0.25, 0.3) is 0 Å². The van der Waals surface area contributed by atoms with Crippen molar-refractivity contribution in [2.75, 3.05) is 18.4 Å². The van der Waals surface area contributed by atoms with E-state index in [0.29, 0.717) is 12.1 Å². The van der Waals surface area contributed by atoms with E-state index in [1.807, 2.05) is 24.3 Å². The second-order valence-electron chi connectivity index (χ2n) is 6.32. The van der Waals surface area contributed by atoms with Gasteiger partial charge in [0, 0.05) is 18.8 Å². The van der Waals surface area contributed by atoms with Crippen LogP contribution in [-0.4, -0.2) is 36.9 Å². The Kier molecular flexibility index (Phi) is 3.14. The van der Waals surface area contributed by atoms with Gasteiger partial charge in [-0.3, -0.25) is 4.79 Å². The van der Waals surface area contributed by atoms with Gasteiger partial charge in [-0.1, -0.05) is 23.4 Å². The monoisotopic (exact) mass is 347 g/mol. The molecule has 1 aromatic heterocycles. The maximum atomic E-state index is 13.0. The van der Waals surface area contributed by atoms with Crippen molar-refractivity contribution in [3.05, 3.63) is 41.3 Å². The number of amides is 1. The molecule has 7 nitrogen and oxygen atoms in total. The summed E-state index contributed by atoms with van der Waals surface area (Å²) in [6.07, 6.45) is 0.457. The summed E-state index contributed by atoms with van der Waals surface area (Å²) < 4.78 is 32.3. The largest absolute Gasteiger partial charge is 0.360 e. The zero-order valence-corrected chi connectivity index (χ0v) is 14.2. The standard InChI is InChI=1S/C16H17N3O4S/c1-10-14(11(2)23-18-10)24(21,22)19-8-7-16(9-19)12-5-3-4-6-13(12)17-15(16)20/h3-6H,7-9H2,1-2H3,(H,17,20)/t16-/m1/s1.